The Balaban J connectivity index is 1.56. The predicted octanol–water partition coefficient (Wildman–Crippen LogP) is 1.14. The number of carboxylic acid groups (broad SMARTS) is 1. The first-order valence-electron chi connectivity index (χ1n) is 8.50. The van der Waals surface area contributed by atoms with Gasteiger partial charge < -0.3 is 10.0 Å². The fourth-order valence-corrected chi connectivity index (χ4v) is 4.35. The number of rotatable bonds is 7. The van der Waals surface area contributed by atoms with Crippen LogP contribution in [0.3, 0.4) is 0 Å². The van der Waals surface area contributed by atoms with Crippen LogP contribution in [-0.2, 0) is 26.0 Å². The smallest absolute Gasteiger partial charge is 0.326 e. The summed E-state index contributed by atoms with van der Waals surface area (Å²) in [6.45, 7) is 0.486. The Kier molecular flexibility index (Phi) is 5.10. The van der Waals surface area contributed by atoms with Gasteiger partial charge in [-0.15, -0.1) is 0 Å². The Morgan fingerprint density at radius 3 is 2.44 bits per heavy atom. The number of sulfonamides is 1. The van der Waals surface area contributed by atoms with Crippen molar-refractivity contribution in [3.05, 3.63) is 29.8 Å². The predicted molar refractivity (Wildman–Crippen MR) is 90.5 cm³/mol. The number of aliphatic carboxylic acids is 1. The van der Waals surface area contributed by atoms with Crippen molar-refractivity contribution in [2.45, 2.75) is 55.5 Å². The SMILES string of the molecule is O=C(O)C1CCCN1C(=O)CCc1ccc(S(=O)(=O)NC2CC2)cc1. The molecule has 0 aromatic heterocycles. The lowest BCUT2D eigenvalue weighted by Gasteiger charge is -2.21. The van der Waals surface area contributed by atoms with Gasteiger partial charge in [0, 0.05) is 19.0 Å². The van der Waals surface area contributed by atoms with Gasteiger partial charge in [0.1, 0.15) is 6.04 Å². The van der Waals surface area contributed by atoms with E-state index in [9.17, 15) is 18.0 Å². The van der Waals surface area contributed by atoms with Crippen molar-refractivity contribution in [3.8, 4) is 0 Å². The summed E-state index contributed by atoms with van der Waals surface area (Å²) in [4.78, 5) is 25.0. The molecule has 2 aliphatic rings. The molecule has 1 atom stereocenters. The van der Waals surface area contributed by atoms with Crippen LogP contribution in [-0.4, -0.2) is 48.9 Å². The van der Waals surface area contributed by atoms with Crippen molar-refractivity contribution in [2.24, 2.45) is 0 Å². The van der Waals surface area contributed by atoms with E-state index in [4.69, 9.17) is 5.11 Å². The highest BCUT2D eigenvalue weighted by molar-refractivity contribution is 7.89. The molecule has 1 unspecified atom stereocenters. The number of benzene rings is 1. The number of aryl methyl sites for hydroxylation is 1. The maximum Gasteiger partial charge on any atom is 0.326 e. The molecule has 1 aliphatic carbocycles. The van der Waals surface area contributed by atoms with E-state index in [1.165, 1.54) is 4.90 Å². The van der Waals surface area contributed by atoms with Crippen LogP contribution in [0.1, 0.15) is 37.7 Å². The summed E-state index contributed by atoms with van der Waals surface area (Å²) < 4.78 is 26.8. The van der Waals surface area contributed by atoms with Crippen LogP contribution in [0.4, 0.5) is 0 Å². The third kappa shape index (κ3) is 4.38. The number of carboxylic acids is 1. The van der Waals surface area contributed by atoms with Gasteiger partial charge in [-0.3, -0.25) is 4.79 Å². The van der Waals surface area contributed by atoms with Gasteiger partial charge in [0.25, 0.3) is 0 Å². The highest BCUT2D eigenvalue weighted by Gasteiger charge is 2.33. The number of nitrogens with zero attached hydrogens (tertiary/aromatic N) is 1. The van der Waals surface area contributed by atoms with Crippen molar-refractivity contribution in [2.75, 3.05) is 6.54 Å². The molecule has 1 aromatic rings. The summed E-state index contributed by atoms with van der Waals surface area (Å²) in [7, 11) is -3.47. The van der Waals surface area contributed by atoms with Crippen LogP contribution < -0.4 is 4.72 Å². The topological polar surface area (TPSA) is 104 Å². The van der Waals surface area contributed by atoms with Gasteiger partial charge in [0.15, 0.2) is 0 Å². The summed E-state index contributed by atoms with van der Waals surface area (Å²) in [5.41, 5.74) is 0.852. The summed E-state index contributed by atoms with van der Waals surface area (Å²) in [6, 6.07) is 5.83. The molecule has 3 rings (SSSR count). The molecule has 1 saturated heterocycles. The van der Waals surface area contributed by atoms with Crippen LogP contribution >= 0.6 is 0 Å². The normalized spacial score (nSPS) is 20.6. The molecule has 136 valence electrons. The molecular weight excluding hydrogens is 344 g/mol. The molecule has 25 heavy (non-hydrogen) atoms. The van der Waals surface area contributed by atoms with Gasteiger partial charge in [0.05, 0.1) is 4.90 Å². The lowest BCUT2D eigenvalue weighted by atomic mass is 10.1. The van der Waals surface area contributed by atoms with E-state index in [0.717, 1.165) is 18.4 Å². The molecule has 0 spiro atoms. The number of hydrogen-bond acceptors (Lipinski definition) is 4. The summed E-state index contributed by atoms with van der Waals surface area (Å²) in [6.07, 6.45) is 3.65. The monoisotopic (exact) mass is 366 g/mol. The lowest BCUT2D eigenvalue weighted by molar-refractivity contribution is -0.148. The lowest BCUT2D eigenvalue weighted by Crippen LogP contribution is -2.40. The standard InChI is InChI=1S/C17H22N2O5S/c20-16(19-11-1-2-15(19)17(21)22)10-5-12-3-8-14(9-4-12)25(23,24)18-13-6-7-13/h3-4,8-9,13,15,18H,1-2,5-7,10-11H2,(H,21,22). The summed E-state index contributed by atoms with van der Waals surface area (Å²) in [5, 5.41) is 9.13. The Morgan fingerprint density at radius 2 is 1.84 bits per heavy atom. The highest BCUT2D eigenvalue weighted by Crippen LogP contribution is 2.23. The van der Waals surface area contributed by atoms with Crippen LogP contribution in [0.5, 0.6) is 0 Å². The first-order chi connectivity index (χ1) is 11.9. The van der Waals surface area contributed by atoms with E-state index in [1.54, 1.807) is 24.3 Å². The second-order valence-corrected chi connectivity index (χ2v) is 8.34. The first kappa shape index (κ1) is 17.9. The Labute approximate surface area is 147 Å². The van der Waals surface area contributed by atoms with Crippen LogP contribution in [0.2, 0.25) is 0 Å². The molecule has 0 bridgehead atoms. The second kappa shape index (κ2) is 7.13. The molecular formula is C17H22N2O5S. The van der Waals surface area contributed by atoms with Crippen molar-refractivity contribution in [1.82, 2.24) is 9.62 Å². The van der Waals surface area contributed by atoms with Crippen molar-refractivity contribution >= 4 is 21.9 Å². The average Bonchev–Trinajstić information content (AvgIpc) is 3.23. The number of nitrogens with one attached hydrogen (secondary N) is 1. The Morgan fingerprint density at radius 1 is 1.16 bits per heavy atom. The number of carbonyl (C=O) groups is 2. The molecule has 8 heteroatoms. The minimum atomic E-state index is -3.47. The van der Waals surface area contributed by atoms with E-state index >= 15 is 0 Å². The number of carbonyl (C=O) groups excluding carboxylic acids is 1. The maximum atomic E-state index is 12.2. The molecule has 0 radical (unpaired) electrons. The van der Waals surface area contributed by atoms with Gasteiger partial charge in [-0.25, -0.2) is 17.9 Å². The quantitative estimate of drug-likeness (QED) is 0.753. The minimum Gasteiger partial charge on any atom is -0.480 e. The minimum absolute atomic E-state index is 0.0601. The molecule has 2 fully saturated rings. The van der Waals surface area contributed by atoms with E-state index in [0.29, 0.717) is 25.8 Å². The number of likely N-dealkylation sites (tertiary alicyclic amines) is 1. The molecule has 7 nitrogen and oxygen atoms in total. The van der Waals surface area contributed by atoms with Gasteiger partial charge >= 0.3 is 5.97 Å². The van der Waals surface area contributed by atoms with Crippen molar-refractivity contribution in [3.63, 3.8) is 0 Å². The van der Waals surface area contributed by atoms with Gasteiger partial charge in [-0.1, -0.05) is 12.1 Å². The molecule has 1 amide bonds. The maximum absolute atomic E-state index is 12.2. The zero-order valence-electron chi connectivity index (χ0n) is 13.8. The van der Waals surface area contributed by atoms with Crippen molar-refractivity contribution < 1.29 is 23.1 Å². The van der Waals surface area contributed by atoms with Crippen LogP contribution in [0.25, 0.3) is 0 Å². The fourth-order valence-electron chi connectivity index (χ4n) is 3.04. The van der Waals surface area contributed by atoms with E-state index in [-0.39, 0.29) is 23.3 Å². The molecule has 1 aromatic carbocycles. The molecule has 2 N–H and O–H groups in total. The van der Waals surface area contributed by atoms with Gasteiger partial charge in [-0.2, -0.15) is 0 Å². The third-order valence-electron chi connectivity index (χ3n) is 4.62. The number of amides is 1. The van der Waals surface area contributed by atoms with Gasteiger partial charge in [-0.05, 0) is 49.8 Å². The van der Waals surface area contributed by atoms with Crippen molar-refractivity contribution in [1.29, 1.82) is 0 Å². The zero-order chi connectivity index (χ0) is 18.0. The summed E-state index contributed by atoms with van der Waals surface area (Å²) >= 11 is 0. The second-order valence-electron chi connectivity index (χ2n) is 6.62. The fraction of sp³-hybridized carbons (Fsp3) is 0.529. The molecule has 1 heterocycles. The van der Waals surface area contributed by atoms with E-state index in [2.05, 4.69) is 4.72 Å². The van der Waals surface area contributed by atoms with E-state index < -0.39 is 22.0 Å². The van der Waals surface area contributed by atoms with Crippen LogP contribution in [0, 0.1) is 0 Å². The molecule has 1 saturated carbocycles. The van der Waals surface area contributed by atoms with Gasteiger partial charge in [0.2, 0.25) is 15.9 Å². The largest absolute Gasteiger partial charge is 0.480 e. The molecule has 1 aliphatic heterocycles. The first-order valence-corrected chi connectivity index (χ1v) is 9.99. The average molecular weight is 366 g/mol. The number of hydrogen-bond donors (Lipinski definition) is 2. The third-order valence-corrected chi connectivity index (χ3v) is 6.15. The van der Waals surface area contributed by atoms with Crippen LogP contribution in [0.15, 0.2) is 29.2 Å². The summed E-state index contributed by atoms with van der Waals surface area (Å²) in [5.74, 6) is -1.12. The zero-order valence-corrected chi connectivity index (χ0v) is 14.7. The Bertz CT molecular complexity index is 756. The Hall–Kier alpha value is -1.93. The highest BCUT2D eigenvalue weighted by atomic mass is 32.2. The van der Waals surface area contributed by atoms with E-state index in [1.807, 2.05) is 0 Å².